The van der Waals surface area contributed by atoms with E-state index >= 15 is 0 Å². The van der Waals surface area contributed by atoms with Gasteiger partial charge in [0.2, 0.25) is 10.0 Å². The molecule has 0 unspecified atom stereocenters. The van der Waals surface area contributed by atoms with Crippen molar-refractivity contribution >= 4 is 21.7 Å². The van der Waals surface area contributed by atoms with E-state index < -0.39 is 10.0 Å². The van der Waals surface area contributed by atoms with Crippen LogP contribution in [-0.4, -0.2) is 50.0 Å². The number of carbonyl (C=O) groups excluding carboxylic acids is 1. The average molecular weight is 449 g/mol. The molecule has 0 aliphatic heterocycles. The third kappa shape index (κ3) is 8.28. The number of hydrogen-bond donors (Lipinski definition) is 2. The molecule has 0 saturated heterocycles. The molecule has 0 aliphatic carbocycles. The molecule has 9 heteroatoms. The van der Waals surface area contributed by atoms with Crippen LogP contribution in [0, 0.1) is 0 Å². The van der Waals surface area contributed by atoms with Crippen molar-refractivity contribution in [2.45, 2.75) is 44.6 Å². The lowest BCUT2D eigenvalue weighted by molar-refractivity contribution is 0.128. The van der Waals surface area contributed by atoms with Gasteiger partial charge in [-0.25, -0.2) is 13.2 Å². The van der Waals surface area contributed by atoms with Crippen LogP contribution in [-0.2, 0) is 21.3 Å². The fourth-order valence-electron chi connectivity index (χ4n) is 2.91. The van der Waals surface area contributed by atoms with E-state index in [2.05, 4.69) is 15.6 Å². The minimum Gasteiger partial charge on any atom is -0.381 e. The smallest absolute Gasteiger partial charge is 0.319 e. The lowest BCUT2D eigenvalue weighted by Gasteiger charge is -2.22. The van der Waals surface area contributed by atoms with E-state index in [1.165, 1.54) is 16.4 Å². The molecular weight excluding hydrogens is 416 g/mol. The molecule has 2 amide bonds. The van der Waals surface area contributed by atoms with Crippen LogP contribution in [0.15, 0.2) is 53.7 Å². The molecule has 31 heavy (non-hydrogen) atoms. The SMILES string of the molecule is CCCOCCCN(CCC)S(=O)(=O)c1ccc(NC(=O)NCc2cccnc2)cc1. The molecule has 0 atom stereocenters. The average Bonchev–Trinajstić information content (AvgIpc) is 2.78. The third-order valence-electron chi connectivity index (χ3n) is 4.44. The van der Waals surface area contributed by atoms with Crippen LogP contribution in [0.5, 0.6) is 0 Å². The predicted molar refractivity (Wildman–Crippen MR) is 121 cm³/mol. The molecule has 1 aromatic carbocycles. The summed E-state index contributed by atoms with van der Waals surface area (Å²) in [6, 6.07) is 9.50. The van der Waals surface area contributed by atoms with E-state index in [9.17, 15) is 13.2 Å². The molecule has 2 N–H and O–H groups in total. The Kier molecular flexibility index (Phi) is 10.4. The van der Waals surface area contributed by atoms with Gasteiger partial charge in [-0.1, -0.05) is 19.9 Å². The number of nitrogens with one attached hydrogen (secondary N) is 2. The van der Waals surface area contributed by atoms with E-state index in [4.69, 9.17) is 4.74 Å². The van der Waals surface area contributed by atoms with Crippen molar-refractivity contribution in [3.05, 3.63) is 54.4 Å². The van der Waals surface area contributed by atoms with Crippen LogP contribution in [0.25, 0.3) is 0 Å². The molecule has 0 bridgehead atoms. The molecule has 0 saturated carbocycles. The first-order valence-corrected chi connectivity index (χ1v) is 12.0. The minimum atomic E-state index is -3.60. The molecule has 2 rings (SSSR count). The predicted octanol–water partition coefficient (Wildman–Crippen LogP) is 3.62. The largest absolute Gasteiger partial charge is 0.381 e. The van der Waals surface area contributed by atoms with Crippen molar-refractivity contribution in [1.29, 1.82) is 0 Å². The number of nitrogens with zero attached hydrogens (tertiary/aromatic N) is 2. The molecule has 0 fully saturated rings. The van der Waals surface area contributed by atoms with Crippen molar-refractivity contribution in [2.75, 3.05) is 31.6 Å². The van der Waals surface area contributed by atoms with Crippen molar-refractivity contribution in [1.82, 2.24) is 14.6 Å². The van der Waals surface area contributed by atoms with Gasteiger partial charge in [0.1, 0.15) is 0 Å². The summed E-state index contributed by atoms with van der Waals surface area (Å²) < 4.78 is 33.0. The number of benzene rings is 1. The zero-order chi connectivity index (χ0) is 22.5. The molecule has 0 radical (unpaired) electrons. The number of ether oxygens (including phenoxy) is 1. The fraction of sp³-hybridized carbons (Fsp3) is 0.455. The van der Waals surface area contributed by atoms with Crippen LogP contribution >= 0.6 is 0 Å². The normalized spacial score (nSPS) is 11.5. The highest BCUT2D eigenvalue weighted by molar-refractivity contribution is 7.89. The summed E-state index contributed by atoms with van der Waals surface area (Å²) in [4.78, 5) is 16.3. The molecule has 8 nitrogen and oxygen atoms in total. The summed E-state index contributed by atoms with van der Waals surface area (Å²) in [7, 11) is -3.60. The summed E-state index contributed by atoms with van der Waals surface area (Å²) in [5.41, 5.74) is 1.40. The van der Waals surface area contributed by atoms with Gasteiger partial charge in [0.25, 0.3) is 0 Å². The third-order valence-corrected chi connectivity index (χ3v) is 6.36. The van der Waals surface area contributed by atoms with Gasteiger partial charge in [0, 0.05) is 50.9 Å². The van der Waals surface area contributed by atoms with Crippen molar-refractivity contribution in [3.63, 3.8) is 0 Å². The van der Waals surface area contributed by atoms with Crippen LogP contribution < -0.4 is 10.6 Å². The maximum atomic E-state index is 13.0. The summed E-state index contributed by atoms with van der Waals surface area (Å²) in [5, 5.41) is 5.44. The molecule has 1 aromatic heterocycles. The monoisotopic (exact) mass is 448 g/mol. The van der Waals surface area contributed by atoms with Crippen LogP contribution in [0.2, 0.25) is 0 Å². The zero-order valence-electron chi connectivity index (χ0n) is 18.2. The van der Waals surface area contributed by atoms with Gasteiger partial charge < -0.3 is 15.4 Å². The lowest BCUT2D eigenvalue weighted by atomic mass is 10.3. The Labute approximate surface area is 185 Å². The second kappa shape index (κ2) is 13.0. The summed E-state index contributed by atoms with van der Waals surface area (Å²) in [6.07, 6.45) is 5.67. The Hall–Kier alpha value is -2.49. The van der Waals surface area contributed by atoms with E-state index in [1.54, 1.807) is 30.6 Å². The van der Waals surface area contributed by atoms with Crippen LogP contribution in [0.4, 0.5) is 10.5 Å². The topological polar surface area (TPSA) is 101 Å². The number of carbonyl (C=O) groups is 1. The van der Waals surface area contributed by atoms with E-state index in [1.807, 2.05) is 19.9 Å². The minimum absolute atomic E-state index is 0.205. The van der Waals surface area contributed by atoms with Gasteiger partial charge in [-0.15, -0.1) is 0 Å². The molecular formula is C22H32N4O4S. The highest BCUT2D eigenvalue weighted by Gasteiger charge is 2.23. The molecule has 170 valence electrons. The molecule has 0 spiro atoms. The quantitative estimate of drug-likeness (QED) is 0.456. The van der Waals surface area contributed by atoms with Gasteiger partial charge in [0.15, 0.2) is 0 Å². The molecule has 1 heterocycles. The first-order valence-electron chi connectivity index (χ1n) is 10.6. The number of hydrogen-bond acceptors (Lipinski definition) is 5. The van der Waals surface area contributed by atoms with Crippen molar-refractivity contribution in [2.24, 2.45) is 0 Å². The zero-order valence-corrected chi connectivity index (χ0v) is 19.0. The summed E-state index contributed by atoms with van der Waals surface area (Å²) in [5.74, 6) is 0. The fourth-order valence-corrected chi connectivity index (χ4v) is 4.48. The number of rotatable bonds is 13. The number of urea groups is 1. The Morgan fingerprint density at radius 3 is 2.48 bits per heavy atom. The number of pyridine rings is 1. The van der Waals surface area contributed by atoms with Gasteiger partial charge >= 0.3 is 6.03 Å². The van der Waals surface area contributed by atoms with Crippen LogP contribution in [0.1, 0.15) is 38.7 Å². The second-order valence-corrected chi connectivity index (χ2v) is 9.00. The highest BCUT2D eigenvalue weighted by Crippen LogP contribution is 2.19. The Bertz CT molecular complexity index is 889. The van der Waals surface area contributed by atoms with Gasteiger partial charge in [0.05, 0.1) is 4.90 Å². The Balaban J connectivity index is 1.93. The second-order valence-electron chi connectivity index (χ2n) is 7.06. The number of aromatic nitrogens is 1. The highest BCUT2D eigenvalue weighted by atomic mass is 32.2. The van der Waals surface area contributed by atoms with Crippen LogP contribution in [0.3, 0.4) is 0 Å². The molecule has 2 aromatic rings. The maximum Gasteiger partial charge on any atom is 0.319 e. The maximum absolute atomic E-state index is 13.0. The standard InChI is InChI=1S/C22H32N4O4S/c1-3-13-26(14-6-16-30-15-4-2)31(28,29)21-10-8-20(9-11-21)25-22(27)24-18-19-7-5-12-23-17-19/h5,7-12,17H,3-4,6,13-16,18H2,1-2H3,(H2,24,25,27). The number of amides is 2. The van der Waals surface area contributed by atoms with Gasteiger partial charge in [-0.3, -0.25) is 4.98 Å². The number of anilines is 1. The van der Waals surface area contributed by atoms with Crippen molar-refractivity contribution in [3.8, 4) is 0 Å². The first kappa shape index (κ1) is 24.8. The molecule has 0 aliphatic rings. The van der Waals surface area contributed by atoms with Gasteiger partial charge in [-0.2, -0.15) is 4.31 Å². The van der Waals surface area contributed by atoms with E-state index in [0.717, 1.165) is 18.4 Å². The Morgan fingerprint density at radius 2 is 1.84 bits per heavy atom. The van der Waals surface area contributed by atoms with E-state index in [0.29, 0.717) is 45.0 Å². The first-order chi connectivity index (χ1) is 15.0. The summed E-state index contributed by atoms with van der Waals surface area (Å²) >= 11 is 0. The van der Waals surface area contributed by atoms with E-state index in [-0.39, 0.29) is 10.9 Å². The number of sulfonamides is 1. The van der Waals surface area contributed by atoms with Crippen molar-refractivity contribution < 1.29 is 17.9 Å². The summed E-state index contributed by atoms with van der Waals surface area (Å²) in [6.45, 7) is 6.43. The lowest BCUT2D eigenvalue weighted by Crippen LogP contribution is -2.33. The van der Waals surface area contributed by atoms with Gasteiger partial charge in [-0.05, 0) is 55.2 Å². The Morgan fingerprint density at radius 1 is 1.06 bits per heavy atom.